The number of carbonyl (C=O) groups excluding carboxylic acids is 1. The molecule has 5 nitrogen and oxygen atoms in total. The minimum Gasteiger partial charge on any atom is -0.497 e. The van der Waals surface area contributed by atoms with Crippen LogP contribution in [0, 0.1) is 5.82 Å². The highest BCUT2D eigenvalue weighted by Crippen LogP contribution is 2.36. The van der Waals surface area contributed by atoms with E-state index < -0.39 is 18.1 Å². The lowest BCUT2D eigenvalue weighted by Gasteiger charge is -2.28. The summed E-state index contributed by atoms with van der Waals surface area (Å²) >= 11 is 0. The zero-order valence-electron chi connectivity index (χ0n) is 16.5. The minimum absolute atomic E-state index is 0.0886. The second-order valence-corrected chi connectivity index (χ2v) is 6.91. The summed E-state index contributed by atoms with van der Waals surface area (Å²) in [6.45, 7) is 0.113. The largest absolute Gasteiger partial charge is 0.497 e. The van der Waals surface area contributed by atoms with Crippen molar-refractivity contribution in [3.05, 3.63) is 94.8 Å². The van der Waals surface area contributed by atoms with Crippen LogP contribution in [-0.4, -0.2) is 13.1 Å². The van der Waals surface area contributed by atoms with Gasteiger partial charge in [-0.25, -0.2) is 4.39 Å². The highest BCUT2D eigenvalue weighted by molar-refractivity contribution is 5.72. The molecule has 0 saturated carbocycles. The highest BCUT2D eigenvalue weighted by atomic mass is 19.1. The Bertz CT molecular complexity index is 1040. The summed E-state index contributed by atoms with van der Waals surface area (Å²) in [6.07, 6.45) is -0.513. The van der Waals surface area contributed by atoms with Crippen LogP contribution in [0.25, 0.3) is 0 Å². The zero-order chi connectivity index (χ0) is 20.9. The molecule has 0 fully saturated rings. The van der Waals surface area contributed by atoms with Crippen LogP contribution in [-0.2, 0) is 33.9 Å². The third-order valence-corrected chi connectivity index (χ3v) is 4.77. The maximum absolute atomic E-state index is 14.1. The first-order valence-electron chi connectivity index (χ1n) is 9.55. The van der Waals surface area contributed by atoms with Crippen LogP contribution in [0.4, 0.5) is 4.39 Å². The van der Waals surface area contributed by atoms with Crippen molar-refractivity contribution in [3.63, 3.8) is 0 Å². The standard InChI is InChI=1S/C24H21FO5/c1-27-21-9-5-6-16(10-21)11-22(26)28-14-18-12-20(25)13-19-15-29-24(30-23(18)19)17-7-3-2-4-8-17/h2-10,12-13,24H,11,14-15H2,1H3/t24-/m1/s1. The van der Waals surface area contributed by atoms with Gasteiger partial charge in [-0.05, 0) is 29.8 Å². The molecule has 1 aliphatic rings. The van der Waals surface area contributed by atoms with Gasteiger partial charge in [0.2, 0.25) is 6.29 Å². The maximum Gasteiger partial charge on any atom is 0.310 e. The molecule has 3 aromatic carbocycles. The molecule has 30 heavy (non-hydrogen) atoms. The Hall–Kier alpha value is -3.38. The first kappa shape index (κ1) is 19.9. The first-order valence-corrected chi connectivity index (χ1v) is 9.55. The SMILES string of the molecule is COc1cccc(CC(=O)OCc2cc(F)cc3c2O[C@H](c2ccccc2)OC3)c1. The number of hydrogen-bond donors (Lipinski definition) is 0. The summed E-state index contributed by atoms with van der Waals surface area (Å²) in [5, 5.41) is 0. The molecule has 0 spiro atoms. The number of fused-ring (bicyclic) bond motifs is 1. The van der Waals surface area contributed by atoms with E-state index in [0.29, 0.717) is 22.6 Å². The van der Waals surface area contributed by atoms with E-state index in [1.807, 2.05) is 42.5 Å². The molecule has 1 aliphatic heterocycles. The molecule has 154 valence electrons. The van der Waals surface area contributed by atoms with Gasteiger partial charge in [0, 0.05) is 16.7 Å². The predicted molar refractivity (Wildman–Crippen MR) is 107 cm³/mol. The molecular formula is C24H21FO5. The normalized spacial score (nSPS) is 15.1. The van der Waals surface area contributed by atoms with Crippen LogP contribution in [0.15, 0.2) is 66.7 Å². The van der Waals surface area contributed by atoms with Crippen molar-refractivity contribution < 1.29 is 28.1 Å². The molecule has 0 N–H and O–H groups in total. The number of rotatable bonds is 6. The Kier molecular flexibility index (Phi) is 5.95. The molecule has 0 saturated heterocycles. The number of carbonyl (C=O) groups is 1. The Labute approximate surface area is 174 Å². The van der Waals surface area contributed by atoms with E-state index in [1.165, 1.54) is 12.1 Å². The fourth-order valence-corrected chi connectivity index (χ4v) is 3.32. The van der Waals surface area contributed by atoms with Crippen LogP contribution in [0.5, 0.6) is 11.5 Å². The van der Waals surface area contributed by atoms with Crippen LogP contribution in [0.3, 0.4) is 0 Å². The monoisotopic (exact) mass is 408 g/mol. The number of methoxy groups -OCH3 is 1. The predicted octanol–water partition coefficient (Wildman–Crippen LogP) is 4.73. The van der Waals surface area contributed by atoms with Crippen molar-refractivity contribution in [3.8, 4) is 11.5 Å². The van der Waals surface area contributed by atoms with E-state index in [0.717, 1.165) is 11.1 Å². The Balaban J connectivity index is 1.47. The highest BCUT2D eigenvalue weighted by Gasteiger charge is 2.25. The zero-order valence-corrected chi connectivity index (χ0v) is 16.5. The summed E-state index contributed by atoms with van der Waals surface area (Å²) in [5.74, 6) is 0.302. The number of hydrogen-bond acceptors (Lipinski definition) is 5. The number of ether oxygens (including phenoxy) is 4. The quantitative estimate of drug-likeness (QED) is 0.552. The van der Waals surface area contributed by atoms with Crippen LogP contribution >= 0.6 is 0 Å². The Morgan fingerprint density at radius 2 is 1.93 bits per heavy atom. The van der Waals surface area contributed by atoms with Crippen molar-refractivity contribution in [1.82, 2.24) is 0 Å². The van der Waals surface area contributed by atoms with Crippen molar-refractivity contribution in [2.75, 3.05) is 7.11 Å². The van der Waals surface area contributed by atoms with Gasteiger partial charge >= 0.3 is 5.97 Å². The number of benzene rings is 3. The lowest BCUT2D eigenvalue weighted by atomic mass is 10.1. The van der Waals surface area contributed by atoms with E-state index in [1.54, 1.807) is 19.2 Å². The molecular weight excluding hydrogens is 387 g/mol. The summed E-state index contributed by atoms with van der Waals surface area (Å²) in [5.41, 5.74) is 2.68. The van der Waals surface area contributed by atoms with Gasteiger partial charge in [-0.3, -0.25) is 4.79 Å². The Morgan fingerprint density at radius 1 is 1.10 bits per heavy atom. The minimum atomic E-state index is -0.601. The van der Waals surface area contributed by atoms with Crippen molar-refractivity contribution in [2.45, 2.75) is 25.9 Å². The molecule has 4 rings (SSSR count). The molecule has 3 aromatic rings. The molecule has 0 amide bonds. The summed E-state index contributed by atoms with van der Waals surface area (Å²) in [4.78, 5) is 12.3. The fourth-order valence-electron chi connectivity index (χ4n) is 3.32. The first-order chi connectivity index (χ1) is 14.6. The van der Waals surface area contributed by atoms with Crippen LogP contribution < -0.4 is 9.47 Å². The van der Waals surface area contributed by atoms with E-state index in [2.05, 4.69) is 0 Å². The lowest BCUT2D eigenvalue weighted by Crippen LogP contribution is -2.20. The third kappa shape index (κ3) is 4.60. The van der Waals surface area contributed by atoms with Gasteiger partial charge in [-0.1, -0.05) is 42.5 Å². The molecule has 1 atom stereocenters. The third-order valence-electron chi connectivity index (χ3n) is 4.77. The summed E-state index contributed by atoms with van der Waals surface area (Å²) in [6, 6.07) is 19.4. The maximum atomic E-state index is 14.1. The van der Waals surface area contributed by atoms with Gasteiger partial charge in [0.15, 0.2) is 0 Å². The average molecular weight is 408 g/mol. The topological polar surface area (TPSA) is 54.0 Å². The van der Waals surface area contributed by atoms with E-state index in [4.69, 9.17) is 18.9 Å². The van der Waals surface area contributed by atoms with Crippen LogP contribution in [0.2, 0.25) is 0 Å². The second kappa shape index (κ2) is 8.97. The number of esters is 1. The number of halogens is 1. The van der Waals surface area contributed by atoms with Crippen molar-refractivity contribution in [2.24, 2.45) is 0 Å². The van der Waals surface area contributed by atoms with Gasteiger partial charge in [-0.15, -0.1) is 0 Å². The lowest BCUT2D eigenvalue weighted by molar-refractivity contribution is -0.144. The van der Waals surface area contributed by atoms with Gasteiger partial charge in [0.1, 0.15) is 23.9 Å². The molecule has 0 aromatic heterocycles. The molecule has 6 heteroatoms. The average Bonchev–Trinajstić information content (AvgIpc) is 2.78. The van der Waals surface area contributed by atoms with E-state index in [-0.39, 0.29) is 19.6 Å². The van der Waals surface area contributed by atoms with Gasteiger partial charge in [0.05, 0.1) is 20.1 Å². The molecule has 0 unspecified atom stereocenters. The van der Waals surface area contributed by atoms with Gasteiger partial charge < -0.3 is 18.9 Å². The summed E-state index contributed by atoms with van der Waals surface area (Å²) < 4.78 is 36.3. The van der Waals surface area contributed by atoms with E-state index >= 15 is 0 Å². The fraction of sp³-hybridized carbons (Fsp3) is 0.208. The van der Waals surface area contributed by atoms with E-state index in [9.17, 15) is 9.18 Å². The second-order valence-electron chi connectivity index (χ2n) is 6.91. The van der Waals surface area contributed by atoms with Crippen molar-refractivity contribution >= 4 is 5.97 Å². The molecule has 0 radical (unpaired) electrons. The smallest absolute Gasteiger partial charge is 0.310 e. The molecule has 1 heterocycles. The van der Waals surface area contributed by atoms with Gasteiger partial charge in [-0.2, -0.15) is 0 Å². The summed E-state index contributed by atoms with van der Waals surface area (Å²) in [7, 11) is 1.57. The molecule has 0 aliphatic carbocycles. The van der Waals surface area contributed by atoms with Gasteiger partial charge in [0.25, 0.3) is 0 Å². The van der Waals surface area contributed by atoms with Crippen LogP contribution in [0.1, 0.15) is 28.5 Å². The molecule has 0 bridgehead atoms. The Morgan fingerprint density at radius 3 is 2.73 bits per heavy atom. The van der Waals surface area contributed by atoms with Crippen molar-refractivity contribution in [1.29, 1.82) is 0 Å².